The first-order chi connectivity index (χ1) is 12.3. The third-order valence-electron chi connectivity index (χ3n) is 3.04. The summed E-state index contributed by atoms with van der Waals surface area (Å²) >= 11 is 0. The number of carboxylic acids is 2. The molecule has 0 amide bonds. The zero-order valence-electron chi connectivity index (χ0n) is 12.9. The fourth-order valence-electron chi connectivity index (χ4n) is 1.85. The average molecular weight is 358 g/mol. The molecule has 0 spiro atoms. The number of carbonyl (C=O) groups is 5. The van der Waals surface area contributed by atoms with E-state index in [0.29, 0.717) is 0 Å². The van der Waals surface area contributed by atoms with Gasteiger partial charge in [0.1, 0.15) is 0 Å². The lowest BCUT2D eigenvalue weighted by Gasteiger charge is -2.05. The molecule has 0 aliphatic heterocycles. The zero-order valence-corrected chi connectivity index (χ0v) is 12.9. The van der Waals surface area contributed by atoms with Gasteiger partial charge in [0.15, 0.2) is 0 Å². The van der Waals surface area contributed by atoms with Crippen molar-refractivity contribution in [1.29, 1.82) is 0 Å². The van der Waals surface area contributed by atoms with Crippen LogP contribution in [0.4, 0.5) is 4.79 Å². The summed E-state index contributed by atoms with van der Waals surface area (Å²) in [6.07, 6.45) is -1.64. The molecule has 0 fully saturated rings. The molecule has 0 radical (unpaired) electrons. The van der Waals surface area contributed by atoms with Crippen molar-refractivity contribution in [3.63, 3.8) is 0 Å². The first-order valence-electron chi connectivity index (χ1n) is 6.93. The van der Waals surface area contributed by atoms with E-state index in [9.17, 15) is 24.0 Å². The Morgan fingerprint density at radius 3 is 1.31 bits per heavy atom. The lowest BCUT2D eigenvalue weighted by Crippen LogP contribution is -2.18. The highest BCUT2D eigenvalue weighted by molar-refractivity contribution is 6.02. The highest BCUT2D eigenvalue weighted by Gasteiger charge is 2.20. The van der Waals surface area contributed by atoms with E-state index in [1.807, 2.05) is 0 Å². The lowest BCUT2D eigenvalue weighted by atomic mass is 10.1. The summed E-state index contributed by atoms with van der Waals surface area (Å²) < 4.78 is 8.62. The summed E-state index contributed by atoms with van der Waals surface area (Å²) in [6, 6.07) is 9.39. The molecule has 0 saturated heterocycles. The van der Waals surface area contributed by atoms with Gasteiger partial charge in [-0.25, -0.2) is 24.0 Å². The summed E-state index contributed by atoms with van der Waals surface area (Å²) in [4.78, 5) is 56.8. The minimum Gasteiger partial charge on any atom is -0.478 e. The number of hydrogen-bond acceptors (Lipinski definition) is 7. The van der Waals surface area contributed by atoms with Crippen molar-refractivity contribution in [2.24, 2.45) is 0 Å². The van der Waals surface area contributed by atoms with E-state index in [2.05, 4.69) is 9.47 Å². The second-order valence-electron chi connectivity index (χ2n) is 4.80. The first kappa shape index (κ1) is 18.3. The maximum atomic E-state index is 11.8. The van der Waals surface area contributed by atoms with Gasteiger partial charge >= 0.3 is 30.0 Å². The van der Waals surface area contributed by atoms with Crippen molar-refractivity contribution in [3.05, 3.63) is 70.8 Å². The molecule has 0 atom stereocenters. The molecule has 0 aliphatic rings. The summed E-state index contributed by atoms with van der Waals surface area (Å²) in [6.45, 7) is 0. The van der Waals surface area contributed by atoms with E-state index >= 15 is 0 Å². The minimum absolute atomic E-state index is 0.200. The highest BCUT2D eigenvalue weighted by atomic mass is 16.8. The fraction of sp³-hybridized carbons (Fsp3) is 0. The molecule has 0 heterocycles. The Morgan fingerprint density at radius 1 is 0.615 bits per heavy atom. The van der Waals surface area contributed by atoms with Crippen LogP contribution in [-0.2, 0) is 9.47 Å². The second kappa shape index (κ2) is 7.71. The molecule has 0 aromatic heterocycles. The quantitative estimate of drug-likeness (QED) is 0.620. The van der Waals surface area contributed by atoms with E-state index in [1.54, 1.807) is 0 Å². The van der Waals surface area contributed by atoms with Gasteiger partial charge in [-0.1, -0.05) is 12.1 Å². The normalized spacial score (nSPS) is 9.85. The topological polar surface area (TPSA) is 144 Å². The summed E-state index contributed by atoms with van der Waals surface area (Å²) in [5, 5.41) is 17.7. The third kappa shape index (κ3) is 4.51. The molecular weight excluding hydrogens is 348 g/mol. The Bertz CT molecular complexity index is 840. The SMILES string of the molecule is O=C(OC(=O)c1cccc(C(=O)O)c1)OC(=O)c1cccc(C(=O)O)c1. The predicted molar refractivity (Wildman–Crippen MR) is 83.0 cm³/mol. The van der Waals surface area contributed by atoms with Crippen LogP contribution in [0.1, 0.15) is 41.4 Å². The zero-order chi connectivity index (χ0) is 19.3. The standard InChI is InChI=1S/C17H10O9/c18-13(19)9-3-1-5-11(7-9)15(22)25-17(24)26-16(23)12-6-2-4-10(8-12)14(20)21/h1-8H,(H,18,19)(H,20,21). The highest BCUT2D eigenvalue weighted by Crippen LogP contribution is 2.10. The Morgan fingerprint density at radius 2 is 0.962 bits per heavy atom. The van der Waals surface area contributed by atoms with Crippen LogP contribution in [0.2, 0.25) is 0 Å². The van der Waals surface area contributed by atoms with Crippen molar-refractivity contribution >= 4 is 30.0 Å². The molecular formula is C17H10O9. The summed E-state index contributed by atoms with van der Waals surface area (Å²) in [5.74, 6) is -5.00. The first-order valence-corrected chi connectivity index (χ1v) is 6.93. The van der Waals surface area contributed by atoms with E-state index in [-0.39, 0.29) is 22.3 Å². The molecule has 0 aliphatic carbocycles. The number of hydrogen-bond donors (Lipinski definition) is 2. The van der Waals surface area contributed by atoms with Crippen LogP contribution in [0.3, 0.4) is 0 Å². The van der Waals surface area contributed by atoms with Crippen LogP contribution in [-0.4, -0.2) is 40.2 Å². The largest absolute Gasteiger partial charge is 0.524 e. The maximum absolute atomic E-state index is 11.8. The molecule has 0 bridgehead atoms. The van der Waals surface area contributed by atoms with E-state index in [4.69, 9.17) is 10.2 Å². The molecule has 9 nitrogen and oxygen atoms in total. The molecule has 132 valence electrons. The monoisotopic (exact) mass is 358 g/mol. The van der Waals surface area contributed by atoms with Gasteiger partial charge in [0.2, 0.25) is 0 Å². The Kier molecular flexibility index (Phi) is 5.43. The number of rotatable bonds is 4. The third-order valence-corrected chi connectivity index (χ3v) is 3.04. The number of esters is 2. The van der Waals surface area contributed by atoms with E-state index in [0.717, 1.165) is 12.1 Å². The van der Waals surface area contributed by atoms with Crippen LogP contribution >= 0.6 is 0 Å². The van der Waals surface area contributed by atoms with Gasteiger partial charge in [-0.2, -0.15) is 0 Å². The van der Waals surface area contributed by atoms with Crippen LogP contribution in [0.25, 0.3) is 0 Å². The number of carbonyl (C=O) groups excluding carboxylic acids is 3. The molecule has 2 rings (SSSR count). The van der Waals surface area contributed by atoms with Crippen LogP contribution in [0, 0.1) is 0 Å². The average Bonchev–Trinajstić information content (AvgIpc) is 2.61. The van der Waals surface area contributed by atoms with Gasteiger partial charge < -0.3 is 19.7 Å². The number of benzene rings is 2. The Balaban J connectivity index is 2.04. The summed E-state index contributed by atoms with van der Waals surface area (Å²) in [5.41, 5.74) is -0.867. The second-order valence-corrected chi connectivity index (χ2v) is 4.80. The lowest BCUT2D eigenvalue weighted by molar-refractivity contribution is 0.0337. The van der Waals surface area contributed by atoms with Crippen molar-refractivity contribution in [3.8, 4) is 0 Å². The molecule has 26 heavy (non-hydrogen) atoms. The van der Waals surface area contributed by atoms with Crippen molar-refractivity contribution < 1.29 is 43.7 Å². The minimum atomic E-state index is -1.64. The Labute approximate surface area is 145 Å². The summed E-state index contributed by atoms with van der Waals surface area (Å²) in [7, 11) is 0. The molecule has 2 aromatic carbocycles. The van der Waals surface area contributed by atoms with Crippen LogP contribution in [0.5, 0.6) is 0 Å². The van der Waals surface area contributed by atoms with Crippen molar-refractivity contribution in [2.45, 2.75) is 0 Å². The maximum Gasteiger partial charge on any atom is 0.524 e. The molecule has 0 unspecified atom stereocenters. The van der Waals surface area contributed by atoms with Gasteiger partial charge in [0.05, 0.1) is 22.3 Å². The van der Waals surface area contributed by atoms with E-state index < -0.39 is 30.0 Å². The van der Waals surface area contributed by atoms with Gasteiger partial charge in [-0.05, 0) is 36.4 Å². The molecule has 2 N–H and O–H groups in total. The molecule has 2 aromatic rings. The Hall–Kier alpha value is -4.01. The molecule has 9 heteroatoms. The number of aromatic carboxylic acids is 2. The van der Waals surface area contributed by atoms with Crippen molar-refractivity contribution in [2.75, 3.05) is 0 Å². The van der Waals surface area contributed by atoms with Gasteiger partial charge in [0, 0.05) is 0 Å². The van der Waals surface area contributed by atoms with Crippen molar-refractivity contribution in [1.82, 2.24) is 0 Å². The number of carboxylic acid groups (broad SMARTS) is 2. The van der Waals surface area contributed by atoms with E-state index in [1.165, 1.54) is 36.4 Å². The van der Waals surface area contributed by atoms with Crippen LogP contribution in [0.15, 0.2) is 48.5 Å². The predicted octanol–water partition coefficient (Wildman–Crippen LogP) is 2.22. The van der Waals surface area contributed by atoms with Crippen LogP contribution < -0.4 is 0 Å². The van der Waals surface area contributed by atoms with Gasteiger partial charge in [-0.3, -0.25) is 0 Å². The van der Waals surface area contributed by atoms with Gasteiger partial charge in [0.25, 0.3) is 0 Å². The fourth-order valence-corrected chi connectivity index (χ4v) is 1.85. The number of ether oxygens (including phenoxy) is 2. The smallest absolute Gasteiger partial charge is 0.478 e. The molecule has 0 saturated carbocycles. The van der Waals surface area contributed by atoms with Gasteiger partial charge in [-0.15, -0.1) is 0 Å².